The van der Waals surface area contributed by atoms with E-state index in [-0.39, 0.29) is 17.7 Å². The molecule has 29 heavy (non-hydrogen) atoms. The van der Waals surface area contributed by atoms with Crippen molar-refractivity contribution in [3.63, 3.8) is 0 Å². The number of carbonyl (C=O) groups is 2. The Morgan fingerprint density at radius 2 is 1.69 bits per heavy atom. The van der Waals surface area contributed by atoms with Crippen LogP contribution in [-0.2, 0) is 9.59 Å². The number of benzene rings is 2. The lowest BCUT2D eigenvalue weighted by atomic mass is 9.95. The number of hydrogen-bond donors (Lipinski definition) is 3. The van der Waals surface area contributed by atoms with Crippen LogP contribution in [0.5, 0.6) is 0 Å². The molecule has 0 aromatic heterocycles. The second-order valence-electron chi connectivity index (χ2n) is 8.30. The highest BCUT2D eigenvalue weighted by Crippen LogP contribution is 2.27. The second-order valence-corrected chi connectivity index (χ2v) is 8.30. The van der Waals surface area contributed by atoms with E-state index in [0.717, 1.165) is 42.9 Å². The Morgan fingerprint density at radius 1 is 1.00 bits per heavy atom. The second kappa shape index (κ2) is 9.70. The molecule has 5 nitrogen and oxygen atoms in total. The number of para-hydroxylation sites is 2. The molecule has 3 rings (SSSR count). The number of quaternary nitrogens is 1. The van der Waals surface area contributed by atoms with Crippen LogP contribution in [0.3, 0.4) is 0 Å². The molecule has 154 valence electrons. The van der Waals surface area contributed by atoms with Crippen molar-refractivity contribution >= 4 is 23.2 Å². The zero-order chi connectivity index (χ0) is 20.8. The molecule has 1 heterocycles. The van der Waals surface area contributed by atoms with Gasteiger partial charge in [0.25, 0.3) is 5.91 Å². The molecule has 2 aromatic carbocycles. The Labute approximate surface area is 173 Å². The first-order chi connectivity index (χ1) is 13.9. The third-order valence-electron chi connectivity index (χ3n) is 5.71. The van der Waals surface area contributed by atoms with E-state index in [1.165, 1.54) is 10.5 Å². The van der Waals surface area contributed by atoms with Gasteiger partial charge >= 0.3 is 0 Å². The van der Waals surface area contributed by atoms with Crippen molar-refractivity contribution in [3.8, 4) is 0 Å². The van der Waals surface area contributed by atoms with Crippen LogP contribution >= 0.6 is 0 Å². The Hall–Kier alpha value is -2.66. The van der Waals surface area contributed by atoms with Gasteiger partial charge in [-0.1, -0.05) is 50.2 Å². The van der Waals surface area contributed by atoms with Gasteiger partial charge in [-0.25, -0.2) is 0 Å². The monoisotopic (exact) mass is 394 g/mol. The van der Waals surface area contributed by atoms with Crippen molar-refractivity contribution in [3.05, 3.63) is 59.7 Å². The van der Waals surface area contributed by atoms with Crippen molar-refractivity contribution in [2.24, 2.45) is 5.92 Å². The molecule has 5 heteroatoms. The fraction of sp³-hybridized carbons (Fsp3) is 0.417. The number of amides is 2. The maximum absolute atomic E-state index is 12.7. The number of nitrogens with one attached hydrogen (secondary N) is 3. The predicted molar refractivity (Wildman–Crippen MR) is 117 cm³/mol. The van der Waals surface area contributed by atoms with Gasteiger partial charge in [0.2, 0.25) is 5.91 Å². The summed E-state index contributed by atoms with van der Waals surface area (Å²) < 4.78 is 0. The number of piperidine rings is 1. The van der Waals surface area contributed by atoms with Crippen LogP contribution < -0.4 is 15.5 Å². The van der Waals surface area contributed by atoms with Crippen LogP contribution in [0.25, 0.3) is 0 Å². The van der Waals surface area contributed by atoms with Gasteiger partial charge in [-0.15, -0.1) is 0 Å². The molecule has 1 saturated heterocycles. The largest absolute Gasteiger partial charge is 0.327 e. The fourth-order valence-electron chi connectivity index (χ4n) is 3.98. The van der Waals surface area contributed by atoms with Gasteiger partial charge < -0.3 is 15.5 Å². The summed E-state index contributed by atoms with van der Waals surface area (Å²) in [4.78, 5) is 26.4. The van der Waals surface area contributed by atoms with Gasteiger partial charge in [0, 0.05) is 30.1 Å². The topological polar surface area (TPSA) is 62.6 Å². The van der Waals surface area contributed by atoms with Crippen LogP contribution in [-0.4, -0.2) is 31.4 Å². The van der Waals surface area contributed by atoms with Crippen LogP contribution in [0.15, 0.2) is 48.5 Å². The molecule has 1 fully saturated rings. The molecule has 0 saturated carbocycles. The van der Waals surface area contributed by atoms with Crippen molar-refractivity contribution in [2.45, 2.75) is 39.5 Å². The average molecular weight is 395 g/mol. The average Bonchev–Trinajstić information content (AvgIpc) is 2.70. The smallest absolute Gasteiger partial charge is 0.279 e. The van der Waals surface area contributed by atoms with Gasteiger partial charge in [0.15, 0.2) is 6.54 Å². The van der Waals surface area contributed by atoms with Gasteiger partial charge in [-0.3, -0.25) is 9.59 Å². The number of hydrogen-bond acceptors (Lipinski definition) is 2. The molecule has 2 aromatic rings. The van der Waals surface area contributed by atoms with E-state index in [2.05, 4.69) is 30.5 Å². The Kier molecular flexibility index (Phi) is 7.04. The SMILES string of the molecule is Cc1cccc(C(C)C)c1NC(=O)C[NH+]1CCC(C(=O)Nc2ccccc2)CC1. The highest BCUT2D eigenvalue weighted by Gasteiger charge is 2.28. The van der Waals surface area contributed by atoms with E-state index in [1.54, 1.807) is 0 Å². The standard InChI is InChI=1S/C24H31N3O2/c1-17(2)21-11-7-8-18(3)23(21)26-22(28)16-27-14-12-19(13-15-27)24(29)25-20-9-5-4-6-10-20/h4-11,17,19H,12-16H2,1-3H3,(H,25,29)(H,26,28)/p+1. The number of rotatable bonds is 6. The van der Waals surface area contributed by atoms with E-state index in [0.29, 0.717) is 12.5 Å². The van der Waals surface area contributed by atoms with Gasteiger partial charge in [-0.2, -0.15) is 0 Å². The van der Waals surface area contributed by atoms with Crippen LogP contribution in [0, 0.1) is 12.8 Å². The van der Waals surface area contributed by atoms with Crippen molar-refractivity contribution < 1.29 is 14.5 Å². The summed E-state index contributed by atoms with van der Waals surface area (Å²) in [5.41, 5.74) is 4.05. The first kappa shape index (κ1) is 21.1. The number of aryl methyl sites for hydroxylation is 1. The third kappa shape index (κ3) is 5.67. The lowest BCUT2D eigenvalue weighted by molar-refractivity contribution is -0.897. The summed E-state index contributed by atoms with van der Waals surface area (Å²) in [6.07, 6.45) is 1.62. The molecule has 3 N–H and O–H groups in total. The van der Waals surface area contributed by atoms with Crippen LogP contribution in [0.4, 0.5) is 11.4 Å². The van der Waals surface area contributed by atoms with E-state index in [1.807, 2.05) is 49.4 Å². The summed E-state index contributed by atoms with van der Waals surface area (Å²) in [6, 6.07) is 15.7. The molecule has 2 amide bonds. The maximum atomic E-state index is 12.7. The first-order valence-electron chi connectivity index (χ1n) is 10.5. The lowest BCUT2D eigenvalue weighted by Gasteiger charge is -2.28. The molecule has 0 aliphatic carbocycles. The van der Waals surface area contributed by atoms with Crippen LogP contribution in [0.2, 0.25) is 0 Å². The predicted octanol–water partition coefficient (Wildman–Crippen LogP) is 2.99. The Morgan fingerprint density at radius 3 is 2.34 bits per heavy atom. The van der Waals surface area contributed by atoms with E-state index in [4.69, 9.17) is 0 Å². The van der Waals surface area contributed by atoms with E-state index in [9.17, 15) is 9.59 Å². The normalized spacial score (nSPS) is 19.0. The minimum absolute atomic E-state index is 0.0194. The highest BCUT2D eigenvalue weighted by atomic mass is 16.2. The van der Waals surface area contributed by atoms with Crippen molar-refractivity contribution in [1.82, 2.24) is 0 Å². The molecule has 0 unspecified atom stereocenters. The summed E-state index contributed by atoms with van der Waals surface area (Å²) in [5, 5.41) is 6.13. The molecule has 1 aliphatic heterocycles. The van der Waals surface area contributed by atoms with Gasteiger partial charge in [-0.05, 0) is 36.1 Å². The minimum atomic E-state index is 0.0194. The number of carbonyl (C=O) groups excluding carboxylic acids is 2. The summed E-state index contributed by atoms with van der Waals surface area (Å²) in [6.45, 7) is 8.43. The van der Waals surface area contributed by atoms with Crippen LogP contribution in [0.1, 0.15) is 43.7 Å². The fourth-order valence-corrected chi connectivity index (χ4v) is 3.98. The molecule has 1 aliphatic rings. The van der Waals surface area contributed by atoms with E-state index < -0.39 is 0 Å². The molecule has 0 atom stereocenters. The highest BCUT2D eigenvalue weighted by molar-refractivity contribution is 5.93. The van der Waals surface area contributed by atoms with Crippen molar-refractivity contribution in [2.75, 3.05) is 30.3 Å². The zero-order valence-corrected chi connectivity index (χ0v) is 17.6. The van der Waals surface area contributed by atoms with Crippen molar-refractivity contribution in [1.29, 1.82) is 0 Å². The zero-order valence-electron chi connectivity index (χ0n) is 17.6. The quantitative estimate of drug-likeness (QED) is 0.705. The van der Waals surface area contributed by atoms with E-state index >= 15 is 0 Å². The Bertz CT molecular complexity index is 840. The molecular weight excluding hydrogens is 362 g/mol. The van der Waals surface area contributed by atoms with Gasteiger partial charge in [0.1, 0.15) is 0 Å². The number of likely N-dealkylation sites (tertiary alicyclic amines) is 1. The molecular formula is C24H32N3O2+. The minimum Gasteiger partial charge on any atom is -0.327 e. The van der Waals surface area contributed by atoms with Gasteiger partial charge in [0.05, 0.1) is 13.1 Å². The summed E-state index contributed by atoms with van der Waals surface area (Å²) >= 11 is 0. The Balaban J connectivity index is 1.50. The molecule has 0 spiro atoms. The number of anilines is 2. The maximum Gasteiger partial charge on any atom is 0.279 e. The lowest BCUT2D eigenvalue weighted by Crippen LogP contribution is -3.14. The summed E-state index contributed by atoms with van der Waals surface area (Å²) in [5.74, 6) is 0.506. The third-order valence-corrected chi connectivity index (χ3v) is 5.71. The first-order valence-corrected chi connectivity index (χ1v) is 10.5. The molecule has 0 bridgehead atoms. The summed E-state index contributed by atoms with van der Waals surface area (Å²) in [7, 11) is 0. The molecule has 0 radical (unpaired) electrons.